The van der Waals surface area contributed by atoms with Gasteiger partial charge < -0.3 is 9.84 Å². The monoisotopic (exact) mass is 217 g/mol. The molecule has 0 aliphatic rings. The zero-order valence-electron chi connectivity index (χ0n) is 7.98. The summed E-state index contributed by atoms with van der Waals surface area (Å²) in [5.41, 5.74) is 1.26. The van der Waals surface area contributed by atoms with Crippen LogP contribution in [0.2, 0.25) is 0 Å². The van der Waals surface area contributed by atoms with Gasteiger partial charge in [-0.1, -0.05) is 0 Å². The van der Waals surface area contributed by atoms with Crippen molar-refractivity contribution in [3.05, 3.63) is 23.5 Å². The smallest absolute Gasteiger partial charge is 0.308 e. The van der Waals surface area contributed by atoms with Crippen molar-refractivity contribution in [1.82, 2.24) is 4.98 Å². The van der Waals surface area contributed by atoms with Crippen LogP contribution in [0, 0.1) is 6.92 Å². The second-order valence-corrected chi connectivity index (χ2v) is 2.68. The number of halogens is 1. The largest absolute Gasteiger partial charge is 0.425 e. The molecule has 0 fully saturated rings. The van der Waals surface area contributed by atoms with E-state index >= 15 is 0 Å². The van der Waals surface area contributed by atoms with Crippen LogP contribution in [-0.4, -0.2) is 16.1 Å². The summed E-state index contributed by atoms with van der Waals surface area (Å²) in [5.74, 6) is 0.0130. The fourth-order valence-electron chi connectivity index (χ4n) is 0.898. The molecule has 1 rings (SSSR count). The minimum absolute atomic E-state index is 0. The lowest BCUT2D eigenvalue weighted by molar-refractivity contribution is -0.131. The van der Waals surface area contributed by atoms with E-state index < -0.39 is 0 Å². The van der Waals surface area contributed by atoms with E-state index in [1.54, 1.807) is 19.2 Å². The molecule has 0 saturated carbocycles. The van der Waals surface area contributed by atoms with Gasteiger partial charge in [0.1, 0.15) is 0 Å². The fourth-order valence-corrected chi connectivity index (χ4v) is 0.898. The van der Waals surface area contributed by atoms with E-state index in [2.05, 4.69) is 4.98 Å². The highest BCUT2D eigenvalue weighted by Gasteiger charge is 2.04. The molecule has 1 N–H and O–H groups in total. The third-order valence-corrected chi connectivity index (χ3v) is 1.53. The maximum Gasteiger partial charge on any atom is 0.308 e. The second kappa shape index (κ2) is 5.57. The van der Waals surface area contributed by atoms with Crippen LogP contribution in [0.15, 0.2) is 12.3 Å². The summed E-state index contributed by atoms with van der Waals surface area (Å²) in [6.07, 6.45) is 1.54. The molecule has 1 aromatic heterocycles. The highest BCUT2D eigenvalue weighted by atomic mass is 35.5. The van der Waals surface area contributed by atoms with Gasteiger partial charge in [0.2, 0.25) is 0 Å². The molecular weight excluding hydrogens is 206 g/mol. The summed E-state index contributed by atoms with van der Waals surface area (Å²) in [7, 11) is 0. The Morgan fingerprint density at radius 3 is 2.79 bits per heavy atom. The number of carbonyl (C=O) groups is 1. The lowest BCUT2D eigenvalue weighted by Gasteiger charge is -2.05. The highest BCUT2D eigenvalue weighted by molar-refractivity contribution is 5.85. The van der Waals surface area contributed by atoms with Crippen molar-refractivity contribution in [2.45, 2.75) is 20.5 Å². The van der Waals surface area contributed by atoms with Crippen molar-refractivity contribution in [2.24, 2.45) is 0 Å². The van der Waals surface area contributed by atoms with E-state index in [9.17, 15) is 4.79 Å². The molecule has 1 heterocycles. The van der Waals surface area contributed by atoms with E-state index in [4.69, 9.17) is 9.84 Å². The molecule has 0 unspecified atom stereocenters. The average molecular weight is 218 g/mol. The van der Waals surface area contributed by atoms with Gasteiger partial charge in [0.15, 0.2) is 5.75 Å². The molecule has 0 radical (unpaired) electrons. The van der Waals surface area contributed by atoms with Crippen LogP contribution in [-0.2, 0) is 11.4 Å². The van der Waals surface area contributed by atoms with E-state index in [1.165, 1.54) is 6.92 Å². The molecule has 4 nitrogen and oxygen atoms in total. The third-order valence-electron chi connectivity index (χ3n) is 1.53. The molecule has 0 aliphatic carbocycles. The summed E-state index contributed by atoms with van der Waals surface area (Å²) in [5, 5.41) is 8.81. The minimum atomic E-state index is -0.389. The van der Waals surface area contributed by atoms with Gasteiger partial charge in [-0.15, -0.1) is 12.4 Å². The molecule has 0 bridgehead atoms. The van der Waals surface area contributed by atoms with Gasteiger partial charge in [-0.25, -0.2) is 0 Å². The molecule has 0 spiro atoms. The average Bonchev–Trinajstić information content (AvgIpc) is 2.08. The first-order chi connectivity index (χ1) is 6.13. The van der Waals surface area contributed by atoms with E-state index in [0.717, 1.165) is 0 Å². The quantitative estimate of drug-likeness (QED) is 0.757. The first-order valence-electron chi connectivity index (χ1n) is 3.88. The van der Waals surface area contributed by atoms with Crippen molar-refractivity contribution in [3.63, 3.8) is 0 Å². The third kappa shape index (κ3) is 3.32. The predicted octanol–water partition coefficient (Wildman–Crippen LogP) is 1.23. The molecule has 0 aromatic carbocycles. The number of hydrogen-bond donors (Lipinski definition) is 1. The van der Waals surface area contributed by atoms with Crippen molar-refractivity contribution in [3.8, 4) is 5.75 Å². The first-order valence-corrected chi connectivity index (χ1v) is 3.88. The maximum atomic E-state index is 10.7. The molecule has 0 atom stereocenters. The SMILES string of the molecule is CC(=O)Oc1cc(CO)cnc1C.Cl. The zero-order valence-corrected chi connectivity index (χ0v) is 8.80. The van der Waals surface area contributed by atoms with Crippen LogP contribution in [0.5, 0.6) is 5.75 Å². The zero-order chi connectivity index (χ0) is 9.84. The Bertz CT molecular complexity index is 328. The predicted molar refractivity (Wildman–Crippen MR) is 53.5 cm³/mol. The summed E-state index contributed by atoms with van der Waals surface area (Å²) in [4.78, 5) is 14.6. The van der Waals surface area contributed by atoms with Gasteiger partial charge in [0, 0.05) is 13.1 Å². The first kappa shape index (κ1) is 12.9. The van der Waals surface area contributed by atoms with Crippen LogP contribution >= 0.6 is 12.4 Å². The number of esters is 1. The van der Waals surface area contributed by atoms with Crippen LogP contribution in [0.25, 0.3) is 0 Å². The van der Waals surface area contributed by atoms with Crippen molar-refractivity contribution in [2.75, 3.05) is 0 Å². The van der Waals surface area contributed by atoms with Crippen LogP contribution in [0.1, 0.15) is 18.2 Å². The van der Waals surface area contributed by atoms with Gasteiger partial charge in [0.05, 0.1) is 12.3 Å². The standard InChI is InChI=1S/C9H11NO3.ClH/c1-6-9(13-7(2)12)3-8(5-11)4-10-6;/h3-4,11H,5H2,1-2H3;1H. The molecule has 5 heteroatoms. The number of ether oxygens (including phenoxy) is 1. The van der Waals surface area contributed by atoms with Crippen LogP contribution < -0.4 is 4.74 Å². The fraction of sp³-hybridized carbons (Fsp3) is 0.333. The lowest BCUT2D eigenvalue weighted by atomic mass is 10.2. The molecule has 78 valence electrons. The Morgan fingerprint density at radius 1 is 1.64 bits per heavy atom. The van der Waals surface area contributed by atoms with Crippen molar-refractivity contribution in [1.29, 1.82) is 0 Å². The number of carbonyl (C=O) groups excluding carboxylic acids is 1. The van der Waals surface area contributed by atoms with E-state index in [-0.39, 0.29) is 25.0 Å². The van der Waals surface area contributed by atoms with Crippen LogP contribution in [0.3, 0.4) is 0 Å². The lowest BCUT2D eigenvalue weighted by Crippen LogP contribution is -2.04. The van der Waals surface area contributed by atoms with Crippen molar-refractivity contribution < 1.29 is 14.6 Å². The molecule has 0 amide bonds. The van der Waals surface area contributed by atoms with Crippen LogP contribution in [0.4, 0.5) is 0 Å². The Balaban J connectivity index is 0.00000169. The molecule has 14 heavy (non-hydrogen) atoms. The molecule has 0 saturated heterocycles. The Morgan fingerprint density at radius 2 is 2.29 bits per heavy atom. The van der Waals surface area contributed by atoms with Gasteiger partial charge in [-0.3, -0.25) is 9.78 Å². The number of pyridine rings is 1. The number of aryl methyl sites for hydroxylation is 1. The van der Waals surface area contributed by atoms with Gasteiger partial charge in [-0.05, 0) is 18.6 Å². The summed E-state index contributed by atoms with van der Waals surface area (Å²) >= 11 is 0. The number of aliphatic hydroxyl groups is 1. The van der Waals surface area contributed by atoms with E-state index in [0.29, 0.717) is 17.0 Å². The highest BCUT2D eigenvalue weighted by Crippen LogP contribution is 2.16. The Labute approximate surface area is 88.3 Å². The molecule has 1 aromatic rings. The normalized spacial score (nSPS) is 9.07. The Hall–Kier alpha value is -1.13. The summed E-state index contributed by atoms with van der Waals surface area (Å²) in [6.45, 7) is 2.95. The Kier molecular flexibility index (Phi) is 5.12. The number of hydrogen-bond acceptors (Lipinski definition) is 4. The maximum absolute atomic E-state index is 10.7. The van der Waals surface area contributed by atoms with Gasteiger partial charge >= 0.3 is 5.97 Å². The van der Waals surface area contributed by atoms with Gasteiger partial charge in [-0.2, -0.15) is 0 Å². The number of rotatable bonds is 2. The summed E-state index contributed by atoms with van der Waals surface area (Å²) < 4.78 is 4.87. The topological polar surface area (TPSA) is 59.4 Å². The van der Waals surface area contributed by atoms with Gasteiger partial charge in [0.25, 0.3) is 0 Å². The molecular formula is C9H12ClNO3. The number of aromatic nitrogens is 1. The van der Waals surface area contributed by atoms with Crippen molar-refractivity contribution >= 4 is 18.4 Å². The second-order valence-electron chi connectivity index (χ2n) is 2.68. The summed E-state index contributed by atoms with van der Waals surface area (Å²) in [6, 6.07) is 1.60. The molecule has 0 aliphatic heterocycles. The number of aliphatic hydroxyl groups excluding tert-OH is 1. The van der Waals surface area contributed by atoms with E-state index in [1.807, 2.05) is 0 Å². The number of nitrogens with zero attached hydrogens (tertiary/aromatic N) is 1. The minimum Gasteiger partial charge on any atom is -0.425 e.